The smallest absolute Gasteiger partial charge is 0.310 e. The van der Waals surface area contributed by atoms with Crippen LogP contribution < -0.4 is 0 Å². The zero-order chi connectivity index (χ0) is 11.4. The van der Waals surface area contributed by atoms with Crippen molar-refractivity contribution in [2.24, 2.45) is 0 Å². The highest BCUT2D eigenvalue weighted by atomic mass is 79.9. The monoisotopic (exact) mass is 276 g/mol. The van der Waals surface area contributed by atoms with Crippen LogP contribution in [0.2, 0.25) is 0 Å². The Balaban J connectivity index is 2.86. The second kappa shape index (κ2) is 5.11. The van der Waals surface area contributed by atoms with Crippen LogP contribution in [0.3, 0.4) is 0 Å². The standard InChI is InChI=1S/C10H10BrFO3/c1-2-15-10(14)4-6-3-8(12)7(11)5-9(6)13/h3,5,13H,2,4H2,1H3. The van der Waals surface area contributed by atoms with E-state index >= 15 is 0 Å². The topological polar surface area (TPSA) is 46.5 Å². The van der Waals surface area contributed by atoms with Crippen LogP contribution in [0.25, 0.3) is 0 Å². The van der Waals surface area contributed by atoms with E-state index in [9.17, 15) is 14.3 Å². The number of ether oxygens (including phenoxy) is 1. The van der Waals surface area contributed by atoms with Crippen molar-refractivity contribution >= 4 is 21.9 Å². The molecule has 82 valence electrons. The highest BCUT2D eigenvalue weighted by Crippen LogP contribution is 2.26. The van der Waals surface area contributed by atoms with E-state index in [0.29, 0.717) is 0 Å². The van der Waals surface area contributed by atoms with Gasteiger partial charge in [-0.15, -0.1) is 0 Å². The zero-order valence-corrected chi connectivity index (χ0v) is 9.67. The largest absolute Gasteiger partial charge is 0.508 e. The average molecular weight is 277 g/mol. The van der Waals surface area contributed by atoms with Gasteiger partial charge < -0.3 is 9.84 Å². The lowest BCUT2D eigenvalue weighted by molar-refractivity contribution is -0.142. The molecule has 0 saturated heterocycles. The Morgan fingerprint density at radius 2 is 2.27 bits per heavy atom. The fourth-order valence-corrected chi connectivity index (χ4v) is 1.42. The minimum absolute atomic E-state index is 0.128. The van der Waals surface area contributed by atoms with Crippen LogP contribution in [0.4, 0.5) is 4.39 Å². The number of esters is 1. The number of carbonyl (C=O) groups excluding carboxylic acids is 1. The Morgan fingerprint density at radius 1 is 1.60 bits per heavy atom. The van der Waals surface area contributed by atoms with Gasteiger partial charge in [-0.3, -0.25) is 4.79 Å². The van der Waals surface area contributed by atoms with Crippen LogP contribution >= 0.6 is 15.9 Å². The Morgan fingerprint density at radius 3 is 2.87 bits per heavy atom. The Bertz CT molecular complexity index is 379. The molecule has 3 nitrogen and oxygen atoms in total. The molecular weight excluding hydrogens is 267 g/mol. The second-order valence-corrected chi connectivity index (χ2v) is 3.73. The van der Waals surface area contributed by atoms with Gasteiger partial charge in [0.05, 0.1) is 17.5 Å². The quantitative estimate of drug-likeness (QED) is 0.863. The minimum atomic E-state index is -0.521. The summed E-state index contributed by atoms with van der Waals surface area (Å²) in [5.74, 6) is -1.14. The predicted octanol–water partition coefficient (Wildman–Crippen LogP) is 2.40. The molecule has 0 amide bonds. The fourth-order valence-electron chi connectivity index (χ4n) is 1.09. The van der Waals surface area contributed by atoms with Crippen molar-refractivity contribution in [2.75, 3.05) is 6.61 Å². The first-order valence-corrected chi connectivity index (χ1v) is 5.16. The third kappa shape index (κ3) is 3.20. The number of hydrogen-bond acceptors (Lipinski definition) is 3. The Hall–Kier alpha value is -1.10. The zero-order valence-electron chi connectivity index (χ0n) is 8.09. The molecule has 1 N–H and O–H groups in total. The van der Waals surface area contributed by atoms with Crippen molar-refractivity contribution in [2.45, 2.75) is 13.3 Å². The van der Waals surface area contributed by atoms with Crippen LogP contribution in [0, 0.1) is 5.82 Å². The molecule has 1 aromatic carbocycles. The third-order valence-electron chi connectivity index (χ3n) is 1.76. The molecule has 0 radical (unpaired) electrons. The molecule has 0 heterocycles. The van der Waals surface area contributed by atoms with E-state index in [2.05, 4.69) is 20.7 Å². The minimum Gasteiger partial charge on any atom is -0.508 e. The molecule has 1 aromatic rings. The number of carbonyl (C=O) groups is 1. The number of phenolic OH excluding ortho intramolecular Hbond substituents is 1. The number of halogens is 2. The lowest BCUT2D eigenvalue weighted by atomic mass is 10.1. The van der Waals surface area contributed by atoms with E-state index in [0.717, 1.165) is 6.07 Å². The molecule has 0 bridgehead atoms. The number of phenols is 1. The molecule has 15 heavy (non-hydrogen) atoms. The first-order valence-electron chi connectivity index (χ1n) is 4.37. The molecule has 0 saturated carbocycles. The van der Waals surface area contributed by atoms with Crippen LogP contribution in [-0.2, 0) is 16.0 Å². The fraction of sp³-hybridized carbons (Fsp3) is 0.300. The van der Waals surface area contributed by atoms with E-state index in [-0.39, 0.29) is 28.8 Å². The van der Waals surface area contributed by atoms with E-state index in [1.54, 1.807) is 6.92 Å². The summed E-state index contributed by atoms with van der Waals surface area (Å²) in [4.78, 5) is 11.1. The molecule has 0 aromatic heterocycles. The van der Waals surface area contributed by atoms with Gasteiger partial charge in [-0.25, -0.2) is 4.39 Å². The van der Waals surface area contributed by atoms with E-state index in [4.69, 9.17) is 0 Å². The van der Waals surface area contributed by atoms with Gasteiger partial charge in [-0.2, -0.15) is 0 Å². The number of hydrogen-bond donors (Lipinski definition) is 1. The lowest BCUT2D eigenvalue weighted by Gasteiger charge is -2.05. The average Bonchev–Trinajstić information content (AvgIpc) is 2.14. The van der Waals surface area contributed by atoms with Crippen molar-refractivity contribution in [1.82, 2.24) is 0 Å². The maximum absolute atomic E-state index is 13.1. The SMILES string of the molecule is CCOC(=O)Cc1cc(F)c(Br)cc1O. The molecule has 0 aliphatic heterocycles. The van der Waals surface area contributed by atoms with Crippen molar-refractivity contribution in [3.8, 4) is 5.75 Å². The van der Waals surface area contributed by atoms with Gasteiger partial charge in [0.1, 0.15) is 11.6 Å². The van der Waals surface area contributed by atoms with Gasteiger partial charge in [0.25, 0.3) is 0 Å². The molecule has 0 atom stereocenters. The molecular formula is C10H10BrFO3. The van der Waals surface area contributed by atoms with Crippen LogP contribution in [0.1, 0.15) is 12.5 Å². The molecule has 1 rings (SSSR count). The van der Waals surface area contributed by atoms with Crippen LogP contribution in [0.5, 0.6) is 5.75 Å². The molecule has 0 fully saturated rings. The second-order valence-electron chi connectivity index (χ2n) is 2.88. The normalized spacial score (nSPS) is 10.1. The van der Waals surface area contributed by atoms with Crippen molar-refractivity contribution in [3.63, 3.8) is 0 Å². The Kier molecular flexibility index (Phi) is 4.08. The summed E-state index contributed by atoms with van der Waals surface area (Å²) in [6.45, 7) is 1.94. The summed E-state index contributed by atoms with van der Waals surface area (Å²) < 4.78 is 17.9. The maximum atomic E-state index is 13.1. The summed E-state index contributed by atoms with van der Waals surface area (Å²) >= 11 is 2.93. The van der Waals surface area contributed by atoms with E-state index in [1.807, 2.05) is 0 Å². The van der Waals surface area contributed by atoms with Crippen molar-refractivity contribution in [3.05, 3.63) is 28.0 Å². The summed E-state index contributed by atoms with van der Waals surface area (Å²) in [5.41, 5.74) is 0.217. The maximum Gasteiger partial charge on any atom is 0.310 e. The van der Waals surface area contributed by atoms with Gasteiger partial charge in [-0.1, -0.05) is 0 Å². The van der Waals surface area contributed by atoms with Crippen LogP contribution in [-0.4, -0.2) is 17.7 Å². The number of rotatable bonds is 3. The van der Waals surface area contributed by atoms with Crippen molar-refractivity contribution in [1.29, 1.82) is 0 Å². The number of aromatic hydroxyl groups is 1. The van der Waals surface area contributed by atoms with Crippen LogP contribution in [0.15, 0.2) is 16.6 Å². The summed E-state index contributed by atoms with van der Waals surface area (Å²) in [7, 11) is 0. The lowest BCUT2D eigenvalue weighted by Crippen LogP contribution is -2.07. The molecule has 5 heteroatoms. The summed E-state index contributed by atoms with van der Waals surface area (Å²) in [6, 6.07) is 2.32. The molecule has 0 aliphatic rings. The Labute approximate surface area is 95.0 Å². The number of benzene rings is 1. The molecule has 0 aliphatic carbocycles. The van der Waals surface area contributed by atoms with E-state index < -0.39 is 11.8 Å². The van der Waals surface area contributed by atoms with Crippen molar-refractivity contribution < 1.29 is 19.0 Å². The highest BCUT2D eigenvalue weighted by Gasteiger charge is 2.11. The van der Waals surface area contributed by atoms with Gasteiger partial charge in [0.15, 0.2) is 0 Å². The first-order chi connectivity index (χ1) is 7.04. The third-order valence-corrected chi connectivity index (χ3v) is 2.37. The van der Waals surface area contributed by atoms with Gasteiger partial charge in [0.2, 0.25) is 0 Å². The first kappa shape index (κ1) is 12.0. The predicted molar refractivity (Wildman–Crippen MR) is 56.1 cm³/mol. The summed E-state index contributed by atoms with van der Waals surface area (Å²) in [5, 5.41) is 9.43. The highest BCUT2D eigenvalue weighted by molar-refractivity contribution is 9.10. The van der Waals surface area contributed by atoms with Gasteiger partial charge in [0, 0.05) is 5.56 Å². The van der Waals surface area contributed by atoms with Gasteiger partial charge >= 0.3 is 5.97 Å². The van der Waals surface area contributed by atoms with E-state index in [1.165, 1.54) is 6.07 Å². The van der Waals surface area contributed by atoms with Gasteiger partial charge in [-0.05, 0) is 35.0 Å². The summed E-state index contributed by atoms with van der Waals surface area (Å²) in [6.07, 6.45) is -0.135. The molecule has 0 spiro atoms. The molecule has 0 unspecified atom stereocenters.